The van der Waals surface area contributed by atoms with Crippen LogP contribution in [0.3, 0.4) is 0 Å². The molecule has 0 aliphatic heterocycles. The molecule has 5 nitrogen and oxygen atoms in total. The Morgan fingerprint density at radius 2 is 2.15 bits per heavy atom. The molecular formula is C15H15N3O2. The van der Waals surface area contributed by atoms with Crippen molar-refractivity contribution in [1.29, 1.82) is 0 Å². The molecular weight excluding hydrogens is 254 g/mol. The number of carbonyl (C=O) groups is 1. The predicted molar refractivity (Wildman–Crippen MR) is 76.7 cm³/mol. The van der Waals surface area contributed by atoms with E-state index in [0.29, 0.717) is 12.2 Å². The van der Waals surface area contributed by atoms with E-state index < -0.39 is 0 Å². The minimum atomic E-state index is -0.308. The van der Waals surface area contributed by atoms with Crippen molar-refractivity contribution in [2.75, 3.05) is 6.61 Å². The van der Waals surface area contributed by atoms with E-state index in [2.05, 4.69) is 10.1 Å². The molecule has 3 aromatic rings. The number of aryl methyl sites for hydroxylation is 2. The number of hydrogen-bond acceptors (Lipinski definition) is 4. The number of carbonyl (C=O) groups excluding carboxylic acids is 1. The zero-order valence-electron chi connectivity index (χ0n) is 11.7. The zero-order valence-corrected chi connectivity index (χ0v) is 11.7. The molecule has 0 N–H and O–H groups in total. The molecule has 3 rings (SSSR count). The number of benzene rings is 1. The number of hydrogen-bond donors (Lipinski definition) is 0. The average Bonchev–Trinajstić information content (AvgIpc) is 2.71. The van der Waals surface area contributed by atoms with Crippen LogP contribution in [0, 0.1) is 6.92 Å². The summed E-state index contributed by atoms with van der Waals surface area (Å²) in [5.41, 5.74) is 3.16. The Hall–Kier alpha value is -2.43. The molecule has 0 unspecified atom stereocenters. The summed E-state index contributed by atoms with van der Waals surface area (Å²) < 4.78 is 6.78. The molecule has 0 saturated carbocycles. The molecule has 0 radical (unpaired) electrons. The van der Waals surface area contributed by atoms with Gasteiger partial charge in [0, 0.05) is 17.8 Å². The molecule has 0 atom stereocenters. The van der Waals surface area contributed by atoms with Crippen molar-refractivity contribution in [1.82, 2.24) is 14.8 Å². The van der Waals surface area contributed by atoms with Crippen LogP contribution >= 0.6 is 0 Å². The highest BCUT2D eigenvalue weighted by Gasteiger charge is 2.11. The van der Waals surface area contributed by atoms with Crippen LogP contribution in [-0.4, -0.2) is 27.3 Å². The Labute approximate surface area is 116 Å². The molecule has 5 heteroatoms. The molecule has 2 aromatic heterocycles. The van der Waals surface area contributed by atoms with Gasteiger partial charge in [0.2, 0.25) is 0 Å². The summed E-state index contributed by atoms with van der Waals surface area (Å²) in [6.07, 6.45) is 0. The van der Waals surface area contributed by atoms with Gasteiger partial charge >= 0.3 is 5.97 Å². The number of pyridine rings is 1. The van der Waals surface area contributed by atoms with Crippen LogP contribution in [0.4, 0.5) is 0 Å². The highest BCUT2D eigenvalue weighted by Crippen LogP contribution is 2.22. The van der Waals surface area contributed by atoms with E-state index in [1.807, 2.05) is 32.2 Å². The van der Waals surface area contributed by atoms with E-state index in [0.717, 1.165) is 27.6 Å². The van der Waals surface area contributed by atoms with Crippen LogP contribution in [0.15, 0.2) is 24.3 Å². The van der Waals surface area contributed by atoms with Gasteiger partial charge in [-0.05, 0) is 38.1 Å². The second kappa shape index (κ2) is 4.59. The predicted octanol–water partition coefficient (Wildman–Crippen LogP) is 2.61. The first-order valence-corrected chi connectivity index (χ1v) is 6.51. The molecule has 0 aliphatic carbocycles. The van der Waals surface area contributed by atoms with Crippen LogP contribution in [0.5, 0.6) is 0 Å². The first kappa shape index (κ1) is 12.6. The zero-order chi connectivity index (χ0) is 14.3. The fourth-order valence-corrected chi connectivity index (χ4v) is 2.35. The average molecular weight is 269 g/mol. The Balaban J connectivity index is 2.21. The monoisotopic (exact) mass is 269 g/mol. The summed E-state index contributed by atoms with van der Waals surface area (Å²) in [4.78, 5) is 16.4. The van der Waals surface area contributed by atoms with Gasteiger partial charge in [-0.15, -0.1) is 0 Å². The number of esters is 1. The maximum Gasteiger partial charge on any atom is 0.338 e. The summed E-state index contributed by atoms with van der Waals surface area (Å²) in [6.45, 7) is 4.12. The summed E-state index contributed by atoms with van der Waals surface area (Å²) in [5, 5.41) is 6.28. The Morgan fingerprint density at radius 3 is 2.90 bits per heavy atom. The first-order chi connectivity index (χ1) is 9.60. The van der Waals surface area contributed by atoms with Gasteiger partial charge < -0.3 is 4.74 Å². The van der Waals surface area contributed by atoms with E-state index in [1.54, 1.807) is 17.7 Å². The molecule has 2 heterocycles. The lowest BCUT2D eigenvalue weighted by Crippen LogP contribution is -2.04. The van der Waals surface area contributed by atoms with E-state index in [4.69, 9.17) is 4.74 Å². The summed E-state index contributed by atoms with van der Waals surface area (Å²) in [6, 6.07) is 7.40. The minimum absolute atomic E-state index is 0.308. The van der Waals surface area contributed by atoms with E-state index in [9.17, 15) is 4.79 Å². The van der Waals surface area contributed by atoms with E-state index >= 15 is 0 Å². The lowest BCUT2D eigenvalue weighted by Gasteiger charge is -2.04. The Morgan fingerprint density at radius 1 is 1.35 bits per heavy atom. The number of nitrogens with zero attached hydrogens (tertiary/aromatic N) is 3. The number of rotatable bonds is 2. The first-order valence-electron chi connectivity index (χ1n) is 6.51. The highest BCUT2D eigenvalue weighted by molar-refractivity contribution is 5.98. The Kier molecular flexibility index (Phi) is 2.89. The number of ether oxygens (including phenoxy) is 1. The second-order valence-corrected chi connectivity index (χ2v) is 4.70. The van der Waals surface area contributed by atoms with Gasteiger partial charge in [-0.25, -0.2) is 9.78 Å². The van der Waals surface area contributed by atoms with Crippen molar-refractivity contribution >= 4 is 27.9 Å². The summed E-state index contributed by atoms with van der Waals surface area (Å²) >= 11 is 0. The molecule has 1 aromatic carbocycles. The summed E-state index contributed by atoms with van der Waals surface area (Å²) in [7, 11) is 1.88. The summed E-state index contributed by atoms with van der Waals surface area (Å²) in [5.74, 6) is -0.308. The third kappa shape index (κ3) is 1.91. The molecule has 0 amide bonds. The van der Waals surface area contributed by atoms with Crippen molar-refractivity contribution in [2.45, 2.75) is 13.8 Å². The minimum Gasteiger partial charge on any atom is -0.462 e. The van der Waals surface area contributed by atoms with Crippen molar-refractivity contribution in [2.24, 2.45) is 7.05 Å². The van der Waals surface area contributed by atoms with Crippen LogP contribution in [-0.2, 0) is 11.8 Å². The second-order valence-electron chi connectivity index (χ2n) is 4.70. The van der Waals surface area contributed by atoms with Gasteiger partial charge in [0.25, 0.3) is 0 Å². The fraction of sp³-hybridized carbons (Fsp3) is 0.267. The van der Waals surface area contributed by atoms with Crippen molar-refractivity contribution in [3.63, 3.8) is 0 Å². The van der Waals surface area contributed by atoms with Crippen molar-refractivity contribution in [3.8, 4) is 0 Å². The van der Waals surface area contributed by atoms with Crippen molar-refractivity contribution < 1.29 is 9.53 Å². The maximum absolute atomic E-state index is 11.8. The molecule has 102 valence electrons. The fourth-order valence-electron chi connectivity index (χ4n) is 2.35. The topological polar surface area (TPSA) is 57.0 Å². The maximum atomic E-state index is 11.8. The molecule has 0 aliphatic rings. The Bertz CT molecular complexity index is 821. The van der Waals surface area contributed by atoms with Gasteiger partial charge in [0.15, 0.2) is 5.65 Å². The van der Waals surface area contributed by atoms with Gasteiger partial charge in [-0.1, -0.05) is 0 Å². The van der Waals surface area contributed by atoms with Crippen LogP contribution < -0.4 is 0 Å². The van der Waals surface area contributed by atoms with Gasteiger partial charge in [-0.3, -0.25) is 4.68 Å². The highest BCUT2D eigenvalue weighted by atomic mass is 16.5. The third-order valence-corrected chi connectivity index (χ3v) is 3.30. The van der Waals surface area contributed by atoms with Crippen molar-refractivity contribution in [3.05, 3.63) is 35.5 Å². The third-order valence-electron chi connectivity index (χ3n) is 3.30. The van der Waals surface area contributed by atoms with E-state index in [1.165, 1.54) is 0 Å². The molecule has 0 spiro atoms. The molecule has 0 bridgehead atoms. The van der Waals surface area contributed by atoms with Gasteiger partial charge in [-0.2, -0.15) is 5.10 Å². The smallest absolute Gasteiger partial charge is 0.338 e. The number of aromatic nitrogens is 3. The normalized spacial score (nSPS) is 11.2. The molecule has 0 fully saturated rings. The van der Waals surface area contributed by atoms with Gasteiger partial charge in [0.05, 0.1) is 23.4 Å². The largest absolute Gasteiger partial charge is 0.462 e. The van der Waals surface area contributed by atoms with Crippen LogP contribution in [0.1, 0.15) is 23.0 Å². The number of fused-ring (bicyclic) bond motifs is 2. The quantitative estimate of drug-likeness (QED) is 0.671. The standard InChI is InChI=1S/C15H15N3O2/c1-4-20-15(19)10-5-6-13-11(7-10)8-12-9(2)17-18(3)14(12)16-13/h5-8H,4H2,1-3H3. The van der Waals surface area contributed by atoms with Crippen LogP contribution in [0.25, 0.3) is 21.9 Å². The lowest BCUT2D eigenvalue weighted by atomic mass is 10.1. The molecule has 0 saturated heterocycles. The SMILES string of the molecule is CCOC(=O)c1ccc2nc3c(cc2c1)c(C)nn3C. The lowest BCUT2D eigenvalue weighted by molar-refractivity contribution is 0.0526. The van der Waals surface area contributed by atoms with E-state index in [-0.39, 0.29) is 5.97 Å². The molecule has 20 heavy (non-hydrogen) atoms. The van der Waals surface area contributed by atoms with Crippen LogP contribution in [0.2, 0.25) is 0 Å². The van der Waals surface area contributed by atoms with Gasteiger partial charge in [0.1, 0.15) is 0 Å².